The Balaban J connectivity index is 2.11. The Morgan fingerprint density at radius 1 is 1.40 bits per heavy atom. The molecule has 0 spiro atoms. The van der Waals surface area contributed by atoms with Crippen molar-refractivity contribution in [1.82, 2.24) is 9.71 Å². The molecular formula is C13H17N3O2S2. The zero-order valence-electron chi connectivity index (χ0n) is 11.2. The summed E-state index contributed by atoms with van der Waals surface area (Å²) >= 11 is 1.84. The van der Waals surface area contributed by atoms with Gasteiger partial charge >= 0.3 is 0 Å². The van der Waals surface area contributed by atoms with Crippen molar-refractivity contribution in [2.24, 2.45) is 0 Å². The third kappa shape index (κ3) is 3.51. The Kier molecular flexibility index (Phi) is 5.02. The molecule has 1 saturated carbocycles. The number of nitrogens with zero attached hydrogens (tertiary/aromatic N) is 2. The molecule has 0 unspecified atom stereocenters. The standard InChI is InChI=1S/C13H17N3O2S2/c1-19-11-6-4-10(5-7-11)16-20(17,18)13-3-2-8-15-12(13)9-14/h2-3,8,10-11,16H,4-7H2,1H3. The summed E-state index contributed by atoms with van der Waals surface area (Å²) in [6.45, 7) is 0. The summed E-state index contributed by atoms with van der Waals surface area (Å²) in [5.41, 5.74) is -0.0576. The van der Waals surface area contributed by atoms with E-state index in [-0.39, 0.29) is 16.6 Å². The van der Waals surface area contributed by atoms with Crippen LogP contribution in [0.2, 0.25) is 0 Å². The fourth-order valence-electron chi connectivity index (χ4n) is 2.39. The number of sulfonamides is 1. The monoisotopic (exact) mass is 311 g/mol. The Morgan fingerprint density at radius 2 is 2.10 bits per heavy atom. The molecule has 0 amide bonds. The van der Waals surface area contributed by atoms with E-state index < -0.39 is 10.0 Å². The van der Waals surface area contributed by atoms with Crippen LogP contribution in [0.25, 0.3) is 0 Å². The van der Waals surface area contributed by atoms with Crippen LogP contribution in [-0.2, 0) is 10.0 Å². The molecular weight excluding hydrogens is 294 g/mol. The Hall–Kier alpha value is -1.10. The van der Waals surface area contributed by atoms with Gasteiger partial charge in [-0.3, -0.25) is 0 Å². The van der Waals surface area contributed by atoms with Crippen LogP contribution in [0.15, 0.2) is 23.2 Å². The zero-order chi connectivity index (χ0) is 14.6. The lowest BCUT2D eigenvalue weighted by molar-refractivity contribution is 0.420. The third-order valence-corrected chi connectivity index (χ3v) is 6.19. The molecule has 7 heteroatoms. The molecule has 2 rings (SSSR count). The average molecular weight is 311 g/mol. The number of pyridine rings is 1. The molecule has 1 aromatic heterocycles. The highest BCUT2D eigenvalue weighted by Gasteiger charge is 2.27. The first-order valence-electron chi connectivity index (χ1n) is 6.47. The molecule has 0 aromatic carbocycles. The summed E-state index contributed by atoms with van der Waals surface area (Å²) in [5.74, 6) is 0. The molecule has 108 valence electrons. The molecule has 0 saturated heterocycles. The highest BCUT2D eigenvalue weighted by molar-refractivity contribution is 7.99. The van der Waals surface area contributed by atoms with Gasteiger partial charge in [0, 0.05) is 17.5 Å². The van der Waals surface area contributed by atoms with Crippen LogP contribution in [0.1, 0.15) is 31.4 Å². The number of thioether (sulfide) groups is 1. The summed E-state index contributed by atoms with van der Waals surface area (Å²) in [4.78, 5) is 3.77. The lowest BCUT2D eigenvalue weighted by atomic mass is 9.96. The predicted molar refractivity (Wildman–Crippen MR) is 78.8 cm³/mol. The molecule has 5 nitrogen and oxygen atoms in total. The normalized spacial score (nSPS) is 23.2. The summed E-state index contributed by atoms with van der Waals surface area (Å²) in [7, 11) is -3.67. The van der Waals surface area contributed by atoms with Crippen LogP contribution < -0.4 is 4.72 Å². The van der Waals surface area contributed by atoms with Crippen molar-refractivity contribution in [3.05, 3.63) is 24.0 Å². The molecule has 1 fully saturated rings. The molecule has 0 radical (unpaired) electrons. The van der Waals surface area contributed by atoms with Gasteiger partial charge in [0.05, 0.1) is 0 Å². The minimum Gasteiger partial charge on any atom is -0.244 e. The van der Waals surface area contributed by atoms with E-state index >= 15 is 0 Å². The molecule has 0 aliphatic heterocycles. The molecule has 1 heterocycles. The maximum atomic E-state index is 12.3. The van der Waals surface area contributed by atoms with E-state index in [1.54, 1.807) is 0 Å². The number of aromatic nitrogens is 1. The van der Waals surface area contributed by atoms with Crippen molar-refractivity contribution < 1.29 is 8.42 Å². The van der Waals surface area contributed by atoms with Crippen molar-refractivity contribution in [2.45, 2.75) is 41.9 Å². The van der Waals surface area contributed by atoms with Gasteiger partial charge in [-0.05, 0) is 44.1 Å². The molecule has 0 atom stereocenters. The van der Waals surface area contributed by atoms with Crippen molar-refractivity contribution in [2.75, 3.05) is 6.26 Å². The summed E-state index contributed by atoms with van der Waals surface area (Å²) < 4.78 is 27.4. The number of nitriles is 1. The number of nitrogens with one attached hydrogen (secondary N) is 1. The van der Waals surface area contributed by atoms with E-state index in [0.29, 0.717) is 5.25 Å². The van der Waals surface area contributed by atoms with Crippen molar-refractivity contribution >= 4 is 21.8 Å². The largest absolute Gasteiger partial charge is 0.244 e. The van der Waals surface area contributed by atoms with Crippen LogP contribution in [-0.4, -0.2) is 30.9 Å². The smallest absolute Gasteiger partial charge is 0.243 e. The minimum absolute atomic E-state index is 0.0329. The van der Waals surface area contributed by atoms with E-state index in [2.05, 4.69) is 16.0 Å². The second-order valence-electron chi connectivity index (χ2n) is 4.79. The van der Waals surface area contributed by atoms with Gasteiger partial charge in [-0.25, -0.2) is 18.1 Å². The molecule has 20 heavy (non-hydrogen) atoms. The third-order valence-electron chi connectivity index (χ3n) is 3.50. The first-order chi connectivity index (χ1) is 9.56. The SMILES string of the molecule is CSC1CCC(NS(=O)(=O)c2cccnc2C#N)CC1. The highest BCUT2D eigenvalue weighted by Crippen LogP contribution is 2.27. The van der Waals surface area contributed by atoms with Crippen LogP contribution in [0, 0.1) is 11.3 Å². The second kappa shape index (κ2) is 6.57. The van der Waals surface area contributed by atoms with Gasteiger partial charge in [-0.1, -0.05) is 0 Å². The minimum atomic E-state index is -3.67. The van der Waals surface area contributed by atoms with Gasteiger partial charge < -0.3 is 0 Å². The number of hydrogen-bond acceptors (Lipinski definition) is 5. The van der Waals surface area contributed by atoms with E-state index in [1.807, 2.05) is 17.8 Å². The molecule has 1 aliphatic rings. The van der Waals surface area contributed by atoms with Crippen LogP contribution in [0.5, 0.6) is 0 Å². The van der Waals surface area contributed by atoms with Crippen LogP contribution in [0.3, 0.4) is 0 Å². The molecule has 1 aromatic rings. The van der Waals surface area contributed by atoms with Crippen LogP contribution >= 0.6 is 11.8 Å². The van der Waals surface area contributed by atoms with Crippen LogP contribution in [0.4, 0.5) is 0 Å². The van der Waals surface area contributed by atoms with Gasteiger partial charge in [0.25, 0.3) is 0 Å². The van der Waals surface area contributed by atoms with Gasteiger partial charge in [0.15, 0.2) is 5.69 Å². The lowest BCUT2D eigenvalue weighted by Crippen LogP contribution is -2.38. The van der Waals surface area contributed by atoms with Gasteiger partial charge in [-0.15, -0.1) is 0 Å². The first kappa shape index (κ1) is 15.3. The van der Waals surface area contributed by atoms with E-state index in [4.69, 9.17) is 5.26 Å². The molecule has 1 N–H and O–H groups in total. The average Bonchev–Trinajstić information content (AvgIpc) is 2.47. The topological polar surface area (TPSA) is 82.8 Å². The van der Waals surface area contributed by atoms with Gasteiger partial charge in [-0.2, -0.15) is 17.0 Å². The number of rotatable bonds is 4. The zero-order valence-corrected chi connectivity index (χ0v) is 12.9. The Morgan fingerprint density at radius 3 is 2.70 bits per heavy atom. The van der Waals surface area contributed by atoms with E-state index in [0.717, 1.165) is 25.7 Å². The van der Waals surface area contributed by atoms with Crippen molar-refractivity contribution in [3.63, 3.8) is 0 Å². The maximum absolute atomic E-state index is 12.3. The molecule has 0 bridgehead atoms. The van der Waals surface area contributed by atoms with Gasteiger partial charge in [0.2, 0.25) is 10.0 Å². The Labute approximate surface area is 123 Å². The summed E-state index contributed by atoms with van der Waals surface area (Å²) in [6, 6.07) is 4.72. The molecule has 1 aliphatic carbocycles. The number of hydrogen-bond donors (Lipinski definition) is 1. The summed E-state index contributed by atoms with van der Waals surface area (Å²) in [6.07, 6.45) is 7.23. The lowest BCUT2D eigenvalue weighted by Gasteiger charge is -2.27. The fraction of sp³-hybridized carbons (Fsp3) is 0.538. The van der Waals surface area contributed by atoms with Crippen molar-refractivity contribution in [1.29, 1.82) is 5.26 Å². The quantitative estimate of drug-likeness (QED) is 0.918. The Bertz CT molecular complexity index is 602. The summed E-state index contributed by atoms with van der Waals surface area (Å²) in [5, 5.41) is 9.58. The highest BCUT2D eigenvalue weighted by atomic mass is 32.2. The second-order valence-corrected chi connectivity index (χ2v) is 7.61. The van der Waals surface area contributed by atoms with Crippen molar-refractivity contribution in [3.8, 4) is 6.07 Å². The maximum Gasteiger partial charge on any atom is 0.243 e. The van der Waals surface area contributed by atoms with Gasteiger partial charge in [0.1, 0.15) is 11.0 Å². The predicted octanol–water partition coefficient (Wildman–Crippen LogP) is 1.91. The first-order valence-corrected chi connectivity index (χ1v) is 9.24. The fourth-order valence-corrected chi connectivity index (χ4v) is 4.55. The van der Waals surface area contributed by atoms with E-state index in [1.165, 1.54) is 18.3 Å². The van der Waals surface area contributed by atoms with E-state index in [9.17, 15) is 8.42 Å².